The molecule has 2 amide bonds. The first kappa shape index (κ1) is 23.4. The Morgan fingerprint density at radius 2 is 1.94 bits per heavy atom. The summed E-state index contributed by atoms with van der Waals surface area (Å²) in [5, 5.41) is 8.33. The number of nitrogens with zero attached hydrogens (tertiary/aromatic N) is 5. The quantitative estimate of drug-likeness (QED) is 0.441. The molecule has 35 heavy (non-hydrogen) atoms. The van der Waals surface area contributed by atoms with Crippen LogP contribution in [0, 0.1) is 12.7 Å². The fourth-order valence-electron chi connectivity index (χ4n) is 3.89. The minimum absolute atomic E-state index is 0.170. The Hall–Kier alpha value is -3.34. The van der Waals surface area contributed by atoms with Crippen LogP contribution >= 0.6 is 22.9 Å². The summed E-state index contributed by atoms with van der Waals surface area (Å²) in [7, 11) is 0. The van der Waals surface area contributed by atoms with E-state index >= 15 is 0 Å². The van der Waals surface area contributed by atoms with Crippen molar-refractivity contribution >= 4 is 39.6 Å². The normalized spacial score (nSPS) is 14.4. The molecule has 2 aromatic carbocycles. The number of nitrogens with one attached hydrogen (secondary N) is 1. The van der Waals surface area contributed by atoms with Gasteiger partial charge in [0.2, 0.25) is 4.96 Å². The Labute approximate surface area is 209 Å². The zero-order chi connectivity index (χ0) is 24.5. The van der Waals surface area contributed by atoms with E-state index in [1.807, 2.05) is 19.1 Å². The molecule has 0 unspecified atom stereocenters. The molecule has 11 heteroatoms. The summed E-state index contributed by atoms with van der Waals surface area (Å²) < 4.78 is 14.8. The van der Waals surface area contributed by atoms with Gasteiger partial charge in [0, 0.05) is 55.1 Å². The third-order valence-corrected chi connectivity index (χ3v) is 7.20. The zero-order valence-electron chi connectivity index (χ0n) is 18.9. The number of fused-ring (bicyclic) bond motifs is 1. The van der Waals surface area contributed by atoms with Gasteiger partial charge in [-0.25, -0.2) is 14.2 Å². The van der Waals surface area contributed by atoms with Crippen molar-refractivity contribution < 1.29 is 9.18 Å². The number of urea groups is 1. The Morgan fingerprint density at radius 3 is 2.69 bits per heavy atom. The molecule has 0 aliphatic carbocycles. The van der Waals surface area contributed by atoms with Crippen molar-refractivity contribution in [3.8, 4) is 10.6 Å². The molecule has 2 aromatic heterocycles. The summed E-state index contributed by atoms with van der Waals surface area (Å²) in [6.45, 7) is 4.81. The minimum Gasteiger partial charge on any atom is -0.322 e. The highest BCUT2D eigenvalue weighted by molar-refractivity contribution is 7.19. The van der Waals surface area contributed by atoms with Crippen LogP contribution in [0.2, 0.25) is 5.02 Å². The lowest BCUT2D eigenvalue weighted by molar-refractivity contribution is 0.142. The van der Waals surface area contributed by atoms with Crippen molar-refractivity contribution in [1.82, 2.24) is 24.4 Å². The molecule has 0 saturated carbocycles. The van der Waals surface area contributed by atoms with Gasteiger partial charge in [-0.3, -0.25) is 9.69 Å². The largest absolute Gasteiger partial charge is 0.322 e. The molecule has 8 nitrogen and oxygen atoms in total. The lowest BCUT2D eigenvalue weighted by atomic mass is 10.2. The smallest absolute Gasteiger partial charge is 0.321 e. The van der Waals surface area contributed by atoms with E-state index in [1.165, 1.54) is 34.1 Å². The highest BCUT2D eigenvalue weighted by atomic mass is 35.5. The predicted molar refractivity (Wildman–Crippen MR) is 135 cm³/mol. The number of carbonyl (C=O) groups is 1. The van der Waals surface area contributed by atoms with Crippen molar-refractivity contribution in [2.75, 3.05) is 31.5 Å². The number of piperazine rings is 1. The summed E-state index contributed by atoms with van der Waals surface area (Å²) in [4.78, 5) is 34.2. The third-order valence-electron chi connectivity index (χ3n) is 5.84. The molecule has 1 N–H and O–H groups in total. The number of halogens is 2. The predicted octanol–water partition coefficient (Wildman–Crippen LogP) is 4.27. The number of hydrogen-bond acceptors (Lipinski definition) is 6. The van der Waals surface area contributed by atoms with Crippen LogP contribution < -0.4 is 10.9 Å². The summed E-state index contributed by atoms with van der Waals surface area (Å²) >= 11 is 7.39. The zero-order valence-corrected chi connectivity index (χ0v) is 20.4. The van der Waals surface area contributed by atoms with E-state index in [0.29, 0.717) is 64.7 Å². The van der Waals surface area contributed by atoms with Crippen molar-refractivity contribution in [1.29, 1.82) is 0 Å². The lowest BCUT2D eigenvalue weighted by Crippen LogP contribution is -2.49. The topological polar surface area (TPSA) is 82.8 Å². The number of carbonyl (C=O) groups excluding carboxylic acids is 1. The highest BCUT2D eigenvalue weighted by Gasteiger charge is 2.22. The first-order valence-corrected chi connectivity index (χ1v) is 12.3. The van der Waals surface area contributed by atoms with Gasteiger partial charge in [0.25, 0.3) is 5.56 Å². The lowest BCUT2D eigenvalue weighted by Gasteiger charge is -2.34. The minimum atomic E-state index is -0.363. The summed E-state index contributed by atoms with van der Waals surface area (Å²) in [5.74, 6) is -0.363. The highest BCUT2D eigenvalue weighted by Crippen LogP contribution is 2.25. The number of rotatable bonds is 4. The maximum absolute atomic E-state index is 13.6. The van der Waals surface area contributed by atoms with Gasteiger partial charge >= 0.3 is 6.03 Å². The molecule has 1 aliphatic rings. The maximum atomic E-state index is 13.6. The second-order valence-corrected chi connectivity index (χ2v) is 9.72. The number of anilines is 1. The Bertz CT molecular complexity index is 1460. The van der Waals surface area contributed by atoms with Crippen molar-refractivity contribution in [3.05, 3.63) is 81.0 Å². The monoisotopic (exact) mass is 512 g/mol. The summed E-state index contributed by atoms with van der Waals surface area (Å²) in [6.07, 6.45) is 0. The van der Waals surface area contributed by atoms with Gasteiger partial charge in [0.1, 0.15) is 10.8 Å². The van der Waals surface area contributed by atoms with E-state index in [9.17, 15) is 14.0 Å². The average Bonchev–Trinajstić information content (AvgIpc) is 3.27. The van der Waals surface area contributed by atoms with Crippen LogP contribution in [0.25, 0.3) is 15.5 Å². The van der Waals surface area contributed by atoms with E-state index < -0.39 is 0 Å². The molecule has 0 spiro atoms. The van der Waals surface area contributed by atoms with Crippen LogP contribution in [0.1, 0.15) is 11.3 Å². The van der Waals surface area contributed by atoms with Gasteiger partial charge in [-0.15, -0.1) is 0 Å². The maximum Gasteiger partial charge on any atom is 0.321 e. The van der Waals surface area contributed by atoms with Crippen LogP contribution in [-0.2, 0) is 6.54 Å². The Morgan fingerprint density at radius 1 is 1.14 bits per heavy atom. The van der Waals surface area contributed by atoms with Crippen molar-refractivity contribution in [3.63, 3.8) is 0 Å². The number of aryl methyl sites for hydroxylation is 1. The average molecular weight is 513 g/mol. The van der Waals surface area contributed by atoms with E-state index in [-0.39, 0.29) is 17.4 Å². The SMILES string of the molecule is Cc1ccc(NC(=O)N2CCN(Cc3cc(=O)n4nc(-c5cccc(F)c5)sc4n3)CC2)cc1Cl. The van der Waals surface area contributed by atoms with Crippen LogP contribution in [0.3, 0.4) is 0 Å². The molecule has 1 fully saturated rings. The van der Waals surface area contributed by atoms with Gasteiger partial charge in [0.15, 0.2) is 0 Å². The second kappa shape index (κ2) is 9.73. The molecule has 180 valence electrons. The first-order valence-electron chi connectivity index (χ1n) is 11.1. The van der Waals surface area contributed by atoms with Crippen LogP contribution in [0.15, 0.2) is 53.3 Å². The summed E-state index contributed by atoms with van der Waals surface area (Å²) in [5.41, 5.74) is 2.57. The molecule has 0 atom stereocenters. The fourth-order valence-corrected chi connectivity index (χ4v) is 4.99. The van der Waals surface area contributed by atoms with Crippen LogP contribution in [0.4, 0.5) is 14.9 Å². The number of amides is 2. The number of benzene rings is 2. The van der Waals surface area contributed by atoms with Gasteiger partial charge in [-0.1, -0.05) is 41.1 Å². The molecule has 5 rings (SSSR count). The van der Waals surface area contributed by atoms with Crippen LogP contribution in [0.5, 0.6) is 0 Å². The molecule has 0 bridgehead atoms. The molecular formula is C24H22ClFN6O2S. The molecule has 3 heterocycles. The van der Waals surface area contributed by atoms with Gasteiger partial charge < -0.3 is 10.2 Å². The third kappa shape index (κ3) is 5.19. The Kier molecular flexibility index (Phi) is 6.50. The van der Waals surface area contributed by atoms with Crippen LogP contribution in [-0.4, -0.2) is 56.6 Å². The van der Waals surface area contributed by atoms with Gasteiger partial charge in [-0.05, 0) is 36.8 Å². The standard InChI is InChI=1S/C24H22ClFN6O2S/c1-15-5-6-18(12-20(15)25)27-23(34)31-9-7-30(8-10-31)14-19-13-21(33)32-24(28-19)35-22(29-32)16-3-2-4-17(26)11-16/h2-6,11-13H,7-10,14H2,1H3,(H,27,34). The Balaban J connectivity index is 1.23. The van der Waals surface area contributed by atoms with E-state index in [2.05, 4.69) is 20.3 Å². The molecule has 0 radical (unpaired) electrons. The number of hydrogen-bond donors (Lipinski definition) is 1. The molecule has 1 saturated heterocycles. The van der Waals surface area contributed by atoms with E-state index in [0.717, 1.165) is 5.56 Å². The molecular weight excluding hydrogens is 491 g/mol. The number of aromatic nitrogens is 3. The van der Waals surface area contributed by atoms with Crippen molar-refractivity contribution in [2.24, 2.45) is 0 Å². The van der Waals surface area contributed by atoms with E-state index in [4.69, 9.17) is 11.6 Å². The van der Waals surface area contributed by atoms with Gasteiger partial charge in [-0.2, -0.15) is 9.61 Å². The summed E-state index contributed by atoms with van der Waals surface area (Å²) in [6, 6.07) is 12.8. The van der Waals surface area contributed by atoms with Crippen molar-refractivity contribution in [2.45, 2.75) is 13.5 Å². The van der Waals surface area contributed by atoms with E-state index in [1.54, 1.807) is 23.1 Å². The molecule has 1 aliphatic heterocycles. The molecule has 4 aromatic rings. The first-order chi connectivity index (χ1) is 16.9. The van der Waals surface area contributed by atoms with Gasteiger partial charge in [0.05, 0.1) is 5.69 Å². The fraction of sp³-hybridized carbons (Fsp3) is 0.250. The second-order valence-electron chi connectivity index (χ2n) is 8.35.